The lowest BCUT2D eigenvalue weighted by Gasteiger charge is -2.19. The van der Waals surface area contributed by atoms with Crippen LogP contribution in [0.1, 0.15) is 48.1 Å². The second-order valence-corrected chi connectivity index (χ2v) is 7.86. The molecule has 7 heteroatoms. The number of aryl methyl sites for hydroxylation is 2. The standard InChI is InChI=1S/C17H25N5OS/c1-5-24-15-8-6-7-12(15)18-17(23)14-9-13(19-20-14)16-10(2)21-22(4)11(16)3/h9,12,15H,5-8H2,1-4H3,(H,18,23)(H,19,20)/t12-,15+/m0/s1. The van der Waals surface area contributed by atoms with Crippen LogP contribution in [0.15, 0.2) is 6.07 Å². The van der Waals surface area contributed by atoms with Crippen LogP contribution in [0.3, 0.4) is 0 Å². The fourth-order valence-electron chi connectivity index (χ4n) is 3.46. The topological polar surface area (TPSA) is 75.6 Å². The van der Waals surface area contributed by atoms with E-state index in [1.54, 1.807) is 0 Å². The average Bonchev–Trinajstić information content (AvgIpc) is 3.22. The molecule has 2 aromatic rings. The Labute approximate surface area is 146 Å². The Morgan fingerprint density at radius 3 is 2.92 bits per heavy atom. The largest absolute Gasteiger partial charge is 0.347 e. The second kappa shape index (κ2) is 7.01. The molecule has 2 aromatic heterocycles. The molecule has 130 valence electrons. The van der Waals surface area contributed by atoms with Gasteiger partial charge in [0, 0.05) is 29.6 Å². The normalized spacial score (nSPS) is 20.5. The van der Waals surface area contributed by atoms with E-state index in [1.807, 2.05) is 43.4 Å². The number of amides is 1. The van der Waals surface area contributed by atoms with Gasteiger partial charge in [0.15, 0.2) is 0 Å². The lowest BCUT2D eigenvalue weighted by atomic mass is 10.1. The lowest BCUT2D eigenvalue weighted by molar-refractivity contribution is 0.0933. The molecule has 1 amide bonds. The van der Waals surface area contributed by atoms with E-state index in [0.717, 1.165) is 34.8 Å². The molecule has 1 saturated carbocycles. The Morgan fingerprint density at radius 2 is 2.25 bits per heavy atom. The number of aromatic amines is 1. The zero-order valence-electron chi connectivity index (χ0n) is 14.7. The minimum absolute atomic E-state index is 0.0680. The summed E-state index contributed by atoms with van der Waals surface area (Å²) >= 11 is 1.94. The van der Waals surface area contributed by atoms with Crippen LogP contribution in [0.5, 0.6) is 0 Å². The van der Waals surface area contributed by atoms with Crippen molar-refractivity contribution in [3.8, 4) is 11.3 Å². The molecule has 24 heavy (non-hydrogen) atoms. The number of carbonyl (C=O) groups is 1. The Morgan fingerprint density at radius 1 is 1.46 bits per heavy atom. The van der Waals surface area contributed by atoms with Gasteiger partial charge < -0.3 is 5.32 Å². The molecule has 1 aliphatic carbocycles. The Hall–Kier alpha value is -1.76. The first-order chi connectivity index (χ1) is 11.5. The van der Waals surface area contributed by atoms with E-state index in [-0.39, 0.29) is 11.9 Å². The third-order valence-corrected chi connectivity index (χ3v) is 6.06. The molecule has 0 radical (unpaired) electrons. The summed E-state index contributed by atoms with van der Waals surface area (Å²) in [6, 6.07) is 2.08. The van der Waals surface area contributed by atoms with Crippen molar-refractivity contribution in [2.45, 2.75) is 51.3 Å². The number of hydrogen-bond donors (Lipinski definition) is 2. The van der Waals surface area contributed by atoms with Crippen molar-refractivity contribution < 1.29 is 4.79 Å². The van der Waals surface area contributed by atoms with E-state index in [1.165, 1.54) is 12.8 Å². The molecule has 3 rings (SSSR count). The fourth-order valence-corrected chi connectivity index (χ4v) is 4.66. The Balaban J connectivity index is 1.74. The molecule has 0 aliphatic heterocycles. The van der Waals surface area contributed by atoms with Gasteiger partial charge in [0.05, 0.1) is 11.4 Å². The molecule has 2 atom stereocenters. The molecule has 0 spiro atoms. The van der Waals surface area contributed by atoms with E-state index < -0.39 is 0 Å². The average molecular weight is 347 g/mol. The van der Waals surface area contributed by atoms with Crippen LogP contribution < -0.4 is 5.32 Å². The predicted octanol–water partition coefficient (Wildman–Crippen LogP) is 2.83. The van der Waals surface area contributed by atoms with E-state index >= 15 is 0 Å². The summed E-state index contributed by atoms with van der Waals surface area (Å²) < 4.78 is 1.84. The van der Waals surface area contributed by atoms with Gasteiger partial charge in [-0.15, -0.1) is 0 Å². The summed E-state index contributed by atoms with van der Waals surface area (Å²) in [6.07, 6.45) is 3.43. The van der Waals surface area contributed by atoms with Crippen LogP contribution in [-0.4, -0.2) is 42.9 Å². The summed E-state index contributed by atoms with van der Waals surface area (Å²) in [5.41, 5.74) is 4.24. The monoisotopic (exact) mass is 347 g/mol. The highest BCUT2D eigenvalue weighted by molar-refractivity contribution is 7.99. The highest BCUT2D eigenvalue weighted by Crippen LogP contribution is 2.30. The highest BCUT2D eigenvalue weighted by atomic mass is 32.2. The van der Waals surface area contributed by atoms with Crippen molar-refractivity contribution >= 4 is 17.7 Å². The van der Waals surface area contributed by atoms with Gasteiger partial charge in [0.25, 0.3) is 5.91 Å². The summed E-state index contributed by atoms with van der Waals surface area (Å²) in [5, 5.41) is 15.3. The smallest absolute Gasteiger partial charge is 0.269 e. The van der Waals surface area contributed by atoms with Gasteiger partial charge in [-0.1, -0.05) is 13.3 Å². The fraction of sp³-hybridized carbons (Fsp3) is 0.588. The minimum atomic E-state index is -0.0680. The number of hydrogen-bond acceptors (Lipinski definition) is 4. The van der Waals surface area contributed by atoms with Crippen molar-refractivity contribution in [2.75, 3.05) is 5.75 Å². The van der Waals surface area contributed by atoms with Crippen LogP contribution in [0.4, 0.5) is 0 Å². The maximum absolute atomic E-state index is 12.6. The molecule has 0 bridgehead atoms. The van der Waals surface area contributed by atoms with Crippen molar-refractivity contribution in [1.82, 2.24) is 25.3 Å². The maximum atomic E-state index is 12.6. The predicted molar refractivity (Wildman–Crippen MR) is 97.3 cm³/mol. The number of aromatic nitrogens is 4. The van der Waals surface area contributed by atoms with Crippen LogP contribution in [-0.2, 0) is 7.05 Å². The number of nitrogens with zero attached hydrogens (tertiary/aromatic N) is 3. The summed E-state index contributed by atoms with van der Waals surface area (Å²) in [7, 11) is 1.91. The lowest BCUT2D eigenvalue weighted by Crippen LogP contribution is -2.39. The molecule has 0 aromatic carbocycles. The minimum Gasteiger partial charge on any atom is -0.347 e. The third-order valence-electron chi connectivity index (χ3n) is 4.74. The Bertz CT molecular complexity index is 735. The van der Waals surface area contributed by atoms with E-state index in [4.69, 9.17) is 0 Å². The van der Waals surface area contributed by atoms with E-state index in [9.17, 15) is 4.79 Å². The van der Waals surface area contributed by atoms with Crippen molar-refractivity contribution in [2.24, 2.45) is 7.05 Å². The summed E-state index contributed by atoms with van der Waals surface area (Å²) in [5.74, 6) is 1.02. The second-order valence-electron chi connectivity index (χ2n) is 6.34. The van der Waals surface area contributed by atoms with Crippen LogP contribution in [0, 0.1) is 13.8 Å². The van der Waals surface area contributed by atoms with Crippen molar-refractivity contribution in [1.29, 1.82) is 0 Å². The molecule has 2 heterocycles. The van der Waals surface area contributed by atoms with Crippen LogP contribution >= 0.6 is 11.8 Å². The van der Waals surface area contributed by atoms with Crippen molar-refractivity contribution in [3.05, 3.63) is 23.1 Å². The van der Waals surface area contributed by atoms with Gasteiger partial charge in [-0.3, -0.25) is 14.6 Å². The molecule has 1 aliphatic rings. The first kappa shape index (κ1) is 17.1. The Kier molecular flexibility index (Phi) is 4.99. The number of H-pyrrole nitrogens is 1. The van der Waals surface area contributed by atoms with Gasteiger partial charge in [0.2, 0.25) is 0 Å². The maximum Gasteiger partial charge on any atom is 0.269 e. The van der Waals surface area contributed by atoms with Gasteiger partial charge in [-0.2, -0.15) is 22.0 Å². The molecule has 2 N–H and O–H groups in total. The summed E-state index contributed by atoms with van der Waals surface area (Å²) in [4.78, 5) is 12.6. The SMILES string of the molecule is CCS[C@@H]1CCC[C@@H]1NC(=O)c1cc(-c2c(C)nn(C)c2C)n[nH]1. The van der Waals surface area contributed by atoms with Crippen molar-refractivity contribution in [3.63, 3.8) is 0 Å². The molecule has 1 fully saturated rings. The molecule has 0 unspecified atom stereocenters. The van der Waals surface area contributed by atoms with Crippen LogP contribution in [0.2, 0.25) is 0 Å². The van der Waals surface area contributed by atoms with Crippen LogP contribution in [0.25, 0.3) is 11.3 Å². The first-order valence-electron chi connectivity index (χ1n) is 8.49. The molecular weight excluding hydrogens is 322 g/mol. The first-order valence-corrected chi connectivity index (χ1v) is 9.54. The highest BCUT2D eigenvalue weighted by Gasteiger charge is 2.29. The van der Waals surface area contributed by atoms with E-state index in [0.29, 0.717) is 10.9 Å². The van der Waals surface area contributed by atoms with Gasteiger partial charge in [-0.05, 0) is 38.5 Å². The van der Waals surface area contributed by atoms with Gasteiger partial charge in [0.1, 0.15) is 5.69 Å². The van der Waals surface area contributed by atoms with Gasteiger partial charge in [-0.25, -0.2) is 0 Å². The molecular formula is C17H25N5OS. The molecule has 6 nitrogen and oxygen atoms in total. The van der Waals surface area contributed by atoms with E-state index in [2.05, 4.69) is 27.5 Å². The number of thioether (sulfide) groups is 1. The quantitative estimate of drug-likeness (QED) is 0.872. The zero-order chi connectivity index (χ0) is 17.3. The molecule has 0 saturated heterocycles. The number of nitrogens with one attached hydrogen (secondary N) is 2. The van der Waals surface area contributed by atoms with Gasteiger partial charge >= 0.3 is 0 Å². The zero-order valence-corrected chi connectivity index (χ0v) is 15.5. The number of carbonyl (C=O) groups excluding carboxylic acids is 1. The summed E-state index contributed by atoms with van der Waals surface area (Å²) in [6.45, 7) is 6.14. The third kappa shape index (κ3) is 3.22. The number of rotatable bonds is 5.